The minimum atomic E-state index is -3.71. The normalized spacial score (nSPS) is 11.1. The third-order valence-electron chi connectivity index (χ3n) is 4.19. The van der Waals surface area contributed by atoms with Gasteiger partial charge in [0, 0.05) is 24.1 Å². The quantitative estimate of drug-likeness (QED) is 0.486. The van der Waals surface area contributed by atoms with Gasteiger partial charge in [-0.25, -0.2) is 8.42 Å². The van der Waals surface area contributed by atoms with Crippen LogP contribution in [0.25, 0.3) is 5.82 Å². The Balaban J connectivity index is 1.42. The molecule has 0 saturated carbocycles. The lowest BCUT2D eigenvalue weighted by Crippen LogP contribution is -2.12. The van der Waals surface area contributed by atoms with E-state index in [0.717, 1.165) is 0 Å². The first-order valence-electron chi connectivity index (χ1n) is 8.95. The summed E-state index contributed by atoms with van der Waals surface area (Å²) in [7, 11) is -2.19. The van der Waals surface area contributed by atoms with Crippen LogP contribution in [0.5, 0.6) is 17.4 Å². The molecule has 0 aliphatic rings. The topological polar surface area (TPSA) is 95.3 Å². The van der Waals surface area contributed by atoms with E-state index in [1.807, 2.05) is 29.1 Å². The van der Waals surface area contributed by atoms with Crippen molar-refractivity contribution in [2.24, 2.45) is 0 Å². The minimum absolute atomic E-state index is 0.140. The van der Waals surface area contributed by atoms with Crippen LogP contribution in [0.3, 0.4) is 0 Å². The lowest BCUT2D eigenvalue weighted by Gasteiger charge is -2.10. The maximum atomic E-state index is 12.5. The second-order valence-electron chi connectivity index (χ2n) is 6.23. The Morgan fingerprint density at radius 3 is 2.10 bits per heavy atom. The van der Waals surface area contributed by atoms with Crippen LogP contribution < -0.4 is 14.2 Å². The highest BCUT2D eigenvalue weighted by Crippen LogP contribution is 2.24. The summed E-state index contributed by atoms with van der Waals surface area (Å²) in [5.41, 5.74) is 0.409. The molecule has 2 aromatic heterocycles. The van der Waals surface area contributed by atoms with Crippen molar-refractivity contribution in [1.82, 2.24) is 14.8 Å². The van der Waals surface area contributed by atoms with Crippen molar-refractivity contribution >= 4 is 15.7 Å². The molecule has 0 unspecified atom stereocenters. The second-order valence-corrected chi connectivity index (χ2v) is 7.91. The Hall–Kier alpha value is -3.85. The highest BCUT2D eigenvalue weighted by molar-refractivity contribution is 7.92. The number of ether oxygens (including phenoxy) is 2. The number of hydrogen-bond donors (Lipinski definition) is 1. The molecule has 152 valence electrons. The van der Waals surface area contributed by atoms with Gasteiger partial charge in [0.05, 0.1) is 12.0 Å². The summed E-state index contributed by atoms with van der Waals surface area (Å²) in [6, 6.07) is 20.0. The maximum Gasteiger partial charge on any atom is 0.261 e. The third kappa shape index (κ3) is 4.41. The molecule has 0 aliphatic heterocycles. The maximum absolute atomic E-state index is 12.5. The molecule has 0 amide bonds. The molecule has 4 rings (SSSR count). The molecule has 8 nitrogen and oxygen atoms in total. The average Bonchev–Trinajstić information content (AvgIpc) is 3.30. The van der Waals surface area contributed by atoms with Crippen molar-refractivity contribution in [3.05, 3.63) is 85.2 Å². The number of aromatic nitrogens is 3. The molecule has 0 spiro atoms. The molecular formula is C21H18N4O4S. The number of rotatable bonds is 7. The first-order chi connectivity index (χ1) is 14.5. The van der Waals surface area contributed by atoms with Gasteiger partial charge < -0.3 is 14.0 Å². The summed E-state index contributed by atoms with van der Waals surface area (Å²) >= 11 is 0. The van der Waals surface area contributed by atoms with E-state index in [-0.39, 0.29) is 4.90 Å². The molecule has 1 N–H and O–H groups in total. The fourth-order valence-corrected chi connectivity index (χ4v) is 3.73. The first-order valence-corrected chi connectivity index (χ1v) is 10.4. The molecule has 9 heteroatoms. The SMILES string of the molecule is COc1ccc(S(=O)(=O)Nc2ccc(Oc3ccc(-n4cccc4)nn3)cc2)cc1. The summed E-state index contributed by atoms with van der Waals surface area (Å²) < 4.78 is 40.1. The minimum Gasteiger partial charge on any atom is -0.497 e. The van der Waals surface area contributed by atoms with Crippen molar-refractivity contribution in [1.29, 1.82) is 0 Å². The molecular weight excluding hydrogens is 404 g/mol. The molecule has 0 aliphatic carbocycles. The zero-order chi connectivity index (χ0) is 21.0. The zero-order valence-corrected chi connectivity index (χ0v) is 16.8. The largest absolute Gasteiger partial charge is 0.497 e. The Kier molecular flexibility index (Phi) is 5.36. The highest BCUT2D eigenvalue weighted by Gasteiger charge is 2.14. The average molecular weight is 422 g/mol. The van der Waals surface area contributed by atoms with Crippen LogP contribution in [0.1, 0.15) is 0 Å². The molecule has 0 bridgehead atoms. The predicted molar refractivity (Wildman–Crippen MR) is 112 cm³/mol. The zero-order valence-electron chi connectivity index (χ0n) is 16.0. The molecule has 0 fully saturated rings. The van der Waals surface area contributed by atoms with Gasteiger partial charge in [-0.2, -0.15) is 0 Å². The fourth-order valence-electron chi connectivity index (χ4n) is 2.67. The van der Waals surface area contributed by atoms with E-state index < -0.39 is 10.0 Å². The van der Waals surface area contributed by atoms with Crippen molar-refractivity contribution in [3.63, 3.8) is 0 Å². The molecule has 0 saturated heterocycles. The number of hydrogen-bond acceptors (Lipinski definition) is 6. The van der Waals surface area contributed by atoms with E-state index in [4.69, 9.17) is 9.47 Å². The molecule has 2 aromatic carbocycles. The van der Waals surface area contributed by atoms with Crippen molar-refractivity contribution in [3.8, 4) is 23.2 Å². The fraction of sp³-hybridized carbons (Fsp3) is 0.0476. The number of sulfonamides is 1. The van der Waals surface area contributed by atoms with Gasteiger partial charge >= 0.3 is 0 Å². The summed E-state index contributed by atoms with van der Waals surface area (Å²) in [5, 5.41) is 8.17. The number of benzene rings is 2. The van der Waals surface area contributed by atoms with Gasteiger partial charge in [0.2, 0.25) is 5.88 Å². The van der Waals surface area contributed by atoms with Crippen LogP contribution in [-0.4, -0.2) is 30.3 Å². The van der Waals surface area contributed by atoms with Crippen LogP contribution in [0, 0.1) is 0 Å². The lowest BCUT2D eigenvalue weighted by molar-refractivity contribution is 0.414. The molecule has 0 radical (unpaired) electrons. The molecule has 0 atom stereocenters. The van der Waals surface area contributed by atoms with E-state index in [1.165, 1.54) is 19.2 Å². The van der Waals surface area contributed by atoms with E-state index in [2.05, 4.69) is 14.9 Å². The Morgan fingerprint density at radius 2 is 1.50 bits per heavy atom. The van der Waals surface area contributed by atoms with Crippen LogP contribution in [0.2, 0.25) is 0 Å². The second kappa shape index (κ2) is 8.26. The smallest absolute Gasteiger partial charge is 0.261 e. The molecule has 4 aromatic rings. The van der Waals surface area contributed by atoms with Crippen LogP contribution >= 0.6 is 0 Å². The van der Waals surface area contributed by atoms with Crippen molar-refractivity contribution in [2.75, 3.05) is 11.8 Å². The summed E-state index contributed by atoms with van der Waals surface area (Å²) in [5.74, 6) is 2.10. The Labute approximate surface area is 173 Å². The van der Waals surface area contributed by atoms with Gasteiger partial charge in [-0.05, 0) is 66.7 Å². The molecule has 2 heterocycles. The number of nitrogens with one attached hydrogen (secondary N) is 1. The van der Waals surface area contributed by atoms with Gasteiger partial charge in [0.25, 0.3) is 10.0 Å². The van der Waals surface area contributed by atoms with Crippen molar-refractivity contribution in [2.45, 2.75) is 4.90 Å². The first kappa shape index (κ1) is 19.5. The van der Waals surface area contributed by atoms with E-state index in [1.54, 1.807) is 48.5 Å². The summed E-state index contributed by atoms with van der Waals surface area (Å²) in [6.45, 7) is 0. The van der Waals surface area contributed by atoms with Crippen LogP contribution in [-0.2, 0) is 10.0 Å². The van der Waals surface area contributed by atoms with Gasteiger partial charge in [-0.1, -0.05) is 0 Å². The van der Waals surface area contributed by atoms with Crippen molar-refractivity contribution < 1.29 is 17.9 Å². The van der Waals surface area contributed by atoms with Gasteiger partial charge in [-0.3, -0.25) is 4.72 Å². The summed E-state index contributed by atoms with van der Waals surface area (Å²) in [6.07, 6.45) is 3.74. The number of anilines is 1. The monoisotopic (exact) mass is 422 g/mol. The lowest BCUT2D eigenvalue weighted by atomic mass is 10.3. The summed E-state index contributed by atoms with van der Waals surface area (Å²) in [4.78, 5) is 0.140. The Bertz CT molecular complexity index is 1210. The van der Waals surface area contributed by atoms with E-state index in [9.17, 15) is 8.42 Å². The van der Waals surface area contributed by atoms with Gasteiger partial charge in [-0.15, -0.1) is 10.2 Å². The van der Waals surface area contributed by atoms with E-state index >= 15 is 0 Å². The molecule has 30 heavy (non-hydrogen) atoms. The Morgan fingerprint density at radius 1 is 0.833 bits per heavy atom. The van der Waals surface area contributed by atoms with Gasteiger partial charge in [0.1, 0.15) is 11.5 Å². The highest BCUT2D eigenvalue weighted by atomic mass is 32.2. The van der Waals surface area contributed by atoms with Crippen LogP contribution in [0.4, 0.5) is 5.69 Å². The number of nitrogens with zero attached hydrogens (tertiary/aromatic N) is 3. The predicted octanol–water partition coefficient (Wildman–Crippen LogP) is 3.87. The standard InChI is InChI=1S/C21H18N4O4S/c1-28-17-8-10-19(11-9-17)30(26,27)24-16-4-6-18(7-5-16)29-21-13-12-20(22-23-21)25-14-2-3-15-25/h2-15,24H,1H3. The number of methoxy groups -OCH3 is 1. The van der Waals surface area contributed by atoms with Gasteiger partial charge in [0.15, 0.2) is 5.82 Å². The third-order valence-corrected chi connectivity index (χ3v) is 5.59. The van der Waals surface area contributed by atoms with Crippen LogP contribution in [0.15, 0.2) is 90.1 Å². The van der Waals surface area contributed by atoms with E-state index in [0.29, 0.717) is 28.9 Å².